The number of nitrogens with one attached hydrogen (secondary N) is 1. The molecule has 5 heteroatoms. The summed E-state index contributed by atoms with van der Waals surface area (Å²) in [5.41, 5.74) is 0. The second-order valence-corrected chi connectivity index (χ2v) is 4.72. The number of benzene rings is 1. The van der Waals surface area contributed by atoms with E-state index in [1.54, 1.807) is 0 Å². The van der Waals surface area contributed by atoms with Crippen molar-refractivity contribution in [2.24, 2.45) is 0 Å². The minimum Gasteiger partial charge on any atom is -0.489 e. The lowest BCUT2D eigenvalue weighted by Gasteiger charge is -2.13. The van der Waals surface area contributed by atoms with E-state index < -0.39 is 11.6 Å². The van der Waals surface area contributed by atoms with Gasteiger partial charge in [-0.15, -0.1) is 0 Å². The Labute approximate surface area is 101 Å². The first kappa shape index (κ1) is 11.8. The van der Waals surface area contributed by atoms with E-state index in [9.17, 15) is 8.78 Å². The molecule has 2 rings (SSSR count). The van der Waals surface area contributed by atoms with Gasteiger partial charge < -0.3 is 10.1 Å². The average molecular weight is 292 g/mol. The van der Waals surface area contributed by atoms with Crippen molar-refractivity contribution >= 4 is 15.9 Å². The van der Waals surface area contributed by atoms with Crippen LogP contribution in [-0.2, 0) is 0 Å². The van der Waals surface area contributed by atoms with Crippen LogP contribution in [0.5, 0.6) is 5.75 Å². The predicted molar refractivity (Wildman–Crippen MR) is 60.6 cm³/mol. The Balaban J connectivity index is 2.02. The van der Waals surface area contributed by atoms with Crippen LogP contribution in [0.1, 0.15) is 12.8 Å². The number of ether oxygens (including phenoxy) is 1. The Bertz CT molecular complexity index is 380. The minimum atomic E-state index is -0.929. The SMILES string of the molecule is Fc1cc(Br)cc(OC[C@@H]2CCCN2)c1F. The first-order valence-electron chi connectivity index (χ1n) is 5.17. The van der Waals surface area contributed by atoms with E-state index in [4.69, 9.17) is 4.74 Å². The van der Waals surface area contributed by atoms with Crippen molar-refractivity contribution in [3.63, 3.8) is 0 Å². The summed E-state index contributed by atoms with van der Waals surface area (Å²) in [7, 11) is 0. The van der Waals surface area contributed by atoms with E-state index in [1.807, 2.05) is 0 Å². The largest absolute Gasteiger partial charge is 0.489 e. The molecule has 1 aromatic rings. The molecule has 1 atom stereocenters. The molecule has 16 heavy (non-hydrogen) atoms. The highest BCUT2D eigenvalue weighted by Crippen LogP contribution is 2.25. The highest BCUT2D eigenvalue weighted by molar-refractivity contribution is 9.10. The summed E-state index contributed by atoms with van der Waals surface area (Å²) >= 11 is 3.10. The topological polar surface area (TPSA) is 21.3 Å². The molecular weight excluding hydrogens is 280 g/mol. The Morgan fingerprint density at radius 3 is 2.94 bits per heavy atom. The number of hydrogen-bond acceptors (Lipinski definition) is 2. The minimum absolute atomic E-state index is 0.0411. The summed E-state index contributed by atoms with van der Waals surface area (Å²) in [6, 6.07) is 2.75. The highest BCUT2D eigenvalue weighted by Gasteiger charge is 2.17. The van der Waals surface area contributed by atoms with Gasteiger partial charge in [0.05, 0.1) is 0 Å². The lowest BCUT2D eigenvalue weighted by molar-refractivity contribution is 0.261. The monoisotopic (exact) mass is 291 g/mol. The highest BCUT2D eigenvalue weighted by atomic mass is 79.9. The normalized spacial score (nSPS) is 20.1. The molecule has 1 fully saturated rings. The molecular formula is C11H12BrF2NO. The second-order valence-electron chi connectivity index (χ2n) is 3.80. The van der Waals surface area contributed by atoms with Gasteiger partial charge in [-0.3, -0.25) is 0 Å². The van der Waals surface area contributed by atoms with E-state index >= 15 is 0 Å². The van der Waals surface area contributed by atoms with Gasteiger partial charge in [-0.25, -0.2) is 4.39 Å². The Morgan fingerprint density at radius 1 is 1.44 bits per heavy atom. The number of halogens is 3. The van der Waals surface area contributed by atoms with E-state index in [0.29, 0.717) is 11.1 Å². The van der Waals surface area contributed by atoms with Gasteiger partial charge in [0, 0.05) is 10.5 Å². The van der Waals surface area contributed by atoms with Gasteiger partial charge in [0.2, 0.25) is 5.82 Å². The predicted octanol–water partition coefficient (Wildman–Crippen LogP) is 2.86. The molecule has 1 aromatic carbocycles. The van der Waals surface area contributed by atoms with E-state index in [-0.39, 0.29) is 11.8 Å². The van der Waals surface area contributed by atoms with Crippen LogP contribution >= 0.6 is 15.9 Å². The number of hydrogen-bond donors (Lipinski definition) is 1. The fourth-order valence-electron chi connectivity index (χ4n) is 1.73. The van der Waals surface area contributed by atoms with Gasteiger partial charge in [0.15, 0.2) is 11.6 Å². The van der Waals surface area contributed by atoms with Crippen molar-refractivity contribution in [1.82, 2.24) is 5.32 Å². The smallest absolute Gasteiger partial charge is 0.200 e. The maximum Gasteiger partial charge on any atom is 0.200 e. The Morgan fingerprint density at radius 2 is 2.25 bits per heavy atom. The summed E-state index contributed by atoms with van der Waals surface area (Å²) in [5.74, 6) is -1.87. The summed E-state index contributed by atoms with van der Waals surface area (Å²) in [6.45, 7) is 1.33. The fourth-order valence-corrected chi connectivity index (χ4v) is 2.14. The summed E-state index contributed by atoms with van der Waals surface area (Å²) < 4.78 is 32.1. The molecule has 2 nitrogen and oxygen atoms in total. The molecule has 0 aromatic heterocycles. The van der Waals surface area contributed by atoms with Gasteiger partial charge in [-0.1, -0.05) is 15.9 Å². The third-order valence-corrected chi connectivity index (χ3v) is 3.02. The Kier molecular flexibility index (Phi) is 3.76. The summed E-state index contributed by atoms with van der Waals surface area (Å²) in [5, 5.41) is 3.22. The van der Waals surface area contributed by atoms with E-state index in [0.717, 1.165) is 25.5 Å². The zero-order valence-electron chi connectivity index (χ0n) is 8.60. The summed E-state index contributed by atoms with van der Waals surface area (Å²) in [4.78, 5) is 0. The zero-order valence-corrected chi connectivity index (χ0v) is 10.2. The maximum absolute atomic E-state index is 13.3. The molecule has 0 spiro atoms. The van der Waals surface area contributed by atoms with Crippen LogP contribution in [0.3, 0.4) is 0 Å². The first-order valence-corrected chi connectivity index (χ1v) is 5.97. The lowest BCUT2D eigenvalue weighted by atomic mass is 10.2. The maximum atomic E-state index is 13.3. The third kappa shape index (κ3) is 2.71. The van der Waals surface area contributed by atoms with Crippen LogP contribution in [0.15, 0.2) is 16.6 Å². The zero-order chi connectivity index (χ0) is 11.5. The molecule has 0 amide bonds. The van der Waals surface area contributed by atoms with Crippen molar-refractivity contribution in [3.05, 3.63) is 28.2 Å². The van der Waals surface area contributed by atoms with E-state index in [1.165, 1.54) is 6.07 Å². The van der Waals surface area contributed by atoms with Gasteiger partial charge in [-0.2, -0.15) is 4.39 Å². The van der Waals surface area contributed by atoms with Crippen molar-refractivity contribution in [2.45, 2.75) is 18.9 Å². The Hall–Kier alpha value is -0.680. The molecule has 1 aliphatic rings. The second kappa shape index (κ2) is 5.10. The van der Waals surface area contributed by atoms with Crippen LogP contribution < -0.4 is 10.1 Å². The lowest BCUT2D eigenvalue weighted by Crippen LogP contribution is -2.28. The van der Waals surface area contributed by atoms with E-state index in [2.05, 4.69) is 21.2 Å². The van der Waals surface area contributed by atoms with Gasteiger partial charge in [0.25, 0.3) is 0 Å². The van der Waals surface area contributed by atoms with Crippen LogP contribution in [-0.4, -0.2) is 19.2 Å². The summed E-state index contributed by atoms with van der Waals surface area (Å²) in [6.07, 6.45) is 2.11. The van der Waals surface area contributed by atoms with Crippen molar-refractivity contribution in [2.75, 3.05) is 13.2 Å². The standard InChI is InChI=1S/C11H12BrF2NO/c12-7-4-9(13)11(14)10(5-7)16-6-8-2-1-3-15-8/h4-5,8,15H,1-3,6H2/t8-/m0/s1. The molecule has 0 saturated carbocycles. The van der Waals surface area contributed by atoms with Crippen LogP contribution in [0.2, 0.25) is 0 Å². The molecule has 0 unspecified atom stereocenters. The van der Waals surface area contributed by atoms with Crippen molar-refractivity contribution < 1.29 is 13.5 Å². The van der Waals surface area contributed by atoms with Crippen LogP contribution in [0.4, 0.5) is 8.78 Å². The number of rotatable bonds is 3. The molecule has 1 aliphatic heterocycles. The quantitative estimate of drug-likeness (QED) is 0.865. The fraction of sp³-hybridized carbons (Fsp3) is 0.455. The molecule has 1 heterocycles. The van der Waals surface area contributed by atoms with Gasteiger partial charge >= 0.3 is 0 Å². The molecule has 0 radical (unpaired) electrons. The van der Waals surface area contributed by atoms with Crippen molar-refractivity contribution in [1.29, 1.82) is 0 Å². The molecule has 1 N–H and O–H groups in total. The van der Waals surface area contributed by atoms with Crippen LogP contribution in [0, 0.1) is 11.6 Å². The third-order valence-electron chi connectivity index (χ3n) is 2.56. The van der Waals surface area contributed by atoms with Gasteiger partial charge in [-0.05, 0) is 31.5 Å². The molecule has 0 aliphatic carbocycles. The molecule has 0 bridgehead atoms. The first-order chi connectivity index (χ1) is 7.66. The van der Waals surface area contributed by atoms with Crippen molar-refractivity contribution in [3.8, 4) is 5.75 Å². The average Bonchev–Trinajstić information content (AvgIpc) is 2.74. The molecule has 88 valence electrons. The van der Waals surface area contributed by atoms with Gasteiger partial charge in [0.1, 0.15) is 6.61 Å². The molecule has 1 saturated heterocycles. The van der Waals surface area contributed by atoms with Crippen LogP contribution in [0.25, 0.3) is 0 Å².